The van der Waals surface area contributed by atoms with Crippen LogP contribution in [-0.4, -0.2) is 61.3 Å². The van der Waals surface area contributed by atoms with Gasteiger partial charge in [0, 0.05) is 59.5 Å². The van der Waals surface area contributed by atoms with E-state index in [4.69, 9.17) is 9.26 Å². The highest BCUT2D eigenvalue weighted by atomic mass is 16.5. The lowest BCUT2D eigenvalue weighted by Crippen LogP contribution is -2.52. The van der Waals surface area contributed by atoms with Crippen molar-refractivity contribution in [3.63, 3.8) is 0 Å². The van der Waals surface area contributed by atoms with Crippen molar-refractivity contribution in [2.75, 3.05) is 40.3 Å². The summed E-state index contributed by atoms with van der Waals surface area (Å²) >= 11 is 0. The van der Waals surface area contributed by atoms with Crippen LogP contribution in [-0.2, 0) is 24.4 Å². The van der Waals surface area contributed by atoms with Crippen LogP contribution in [0.4, 0.5) is 0 Å². The van der Waals surface area contributed by atoms with Gasteiger partial charge in [-0.3, -0.25) is 9.89 Å². The van der Waals surface area contributed by atoms with Gasteiger partial charge in [-0.05, 0) is 11.1 Å². The highest BCUT2D eigenvalue weighted by Crippen LogP contribution is 2.08. The molecule has 1 fully saturated rings. The molecule has 7 nitrogen and oxygen atoms in total. The van der Waals surface area contributed by atoms with E-state index in [1.807, 2.05) is 13.1 Å². The van der Waals surface area contributed by atoms with E-state index in [0.717, 1.165) is 50.9 Å². The summed E-state index contributed by atoms with van der Waals surface area (Å²) in [5, 5.41) is 7.45. The van der Waals surface area contributed by atoms with Crippen LogP contribution in [0.25, 0.3) is 0 Å². The Hall–Kier alpha value is -2.38. The highest BCUT2D eigenvalue weighted by molar-refractivity contribution is 5.80. The summed E-state index contributed by atoms with van der Waals surface area (Å²) in [6.45, 7) is 6.12. The van der Waals surface area contributed by atoms with Gasteiger partial charge in [0.15, 0.2) is 5.96 Å². The van der Waals surface area contributed by atoms with Crippen molar-refractivity contribution in [2.24, 2.45) is 4.99 Å². The van der Waals surface area contributed by atoms with Gasteiger partial charge in [0.2, 0.25) is 0 Å². The van der Waals surface area contributed by atoms with Crippen LogP contribution in [0.3, 0.4) is 0 Å². The molecule has 2 aromatic rings. The van der Waals surface area contributed by atoms with Crippen molar-refractivity contribution in [2.45, 2.75) is 19.7 Å². The smallest absolute Gasteiger partial charge is 0.194 e. The number of piperazine rings is 1. The summed E-state index contributed by atoms with van der Waals surface area (Å²) in [4.78, 5) is 9.13. The normalized spacial score (nSPS) is 16.1. The van der Waals surface area contributed by atoms with Gasteiger partial charge >= 0.3 is 0 Å². The fourth-order valence-corrected chi connectivity index (χ4v) is 3.10. The van der Waals surface area contributed by atoms with E-state index in [0.29, 0.717) is 6.61 Å². The molecule has 1 N–H and O–H groups in total. The molecule has 26 heavy (non-hydrogen) atoms. The van der Waals surface area contributed by atoms with Gasteiger partial charge in [-0.15, -0.1) is 0 Å². The summed E-state index contributed by atoms with van der Waals surface area (Å²) in [7, 11) is 3.55. The van der Waals surface area contributed by atoms with Gasteiger partial charge in [-0.25, -0.2) is 0 Å². The number of methoxy groups -OCH3 is 1. The van der Waals surface area contributed by atoms with E-state index in [9.17, 15) is 0 Å². The standard InChI is InChI=1S/C19H27N5O2/c1-20-19(21-13-16-3-5-17(6-4-16)15-25-2)24-10-8-23(9-11-24)14-18-7-12-26-22-18/h3-7,12H,8-11,13-15H2,1-2H3,(H,20,21). The van der Waals surface area contributed by atoms with Gasteiger partial charge < -0.3 is 19.5 Å². The van der Waals surface area contributed by atoms with Crippen molar-refractivity contribution in [1.29, 1.82) is 0 Å². The maximum atomic E-state index is 5.15. The third-order valence-corrected chi connectivity index (χ3v) is 4.55. The number of hydrogen-bond donors (Lipinski definition) is 1. The van der Waals surface area contributed by atoms with Crippen LogP contribution in [0, 0.1) is 0 Å². The molecule has 0 unspecified atom stereocenters. The molecule has 1 aromatic heterocycles. The third-order valence-electron chi connectivity index (χ3n) is 4.55. The maximum absolute atomic E-state index is 5.15. The molecule has 0 saturated carbocycles. The van der Waals surface area contributed by atoms with Gasteiger partial charge in [0.1, 0.15) is 6.26 Å². The van der Waals surface area contributed by atoms with E-state index in [1.54, 1.807) is 13.4 Å². The first-order chi connectivity index (χ1) is 12.8. The molecular weight excluding hydrogens is 330 g/mol. The highest BCUT2D eigenvalue weighted by Gasteiger charge is 2.20. The Labute approximate surface area is 154 Å². The first-order valence-electron chi connectivity index (χ1n) is 8.92. The predicted molar refractivity (Wildman–Crippen MR) is 101 cm³/mol. The van der Waals surface area contributed by atoms with E-state index in [2.05, 4.69) is 49.5 Å². The Morgan fingerprint density at radius 2 is 1.88 bits per heavy atom. The first kappa shape index (κ1) is 18.4. The van der Waals surface area contributed by atoms with E-state index >= 15 is 0 Å². The largest absolute Gasteiger partial charge is 0.380 e. The lowest BCUT2D eigenvalue weighted by Gasteiger charge is -2.36. The van der Waals surface area contributed by atoms with Crippen LogP contribution < -0.4 is 5.32 Å². The second-order valence-electron chi connectivity index (χ2n) is 6.40. The van der Waals surface area contributed by atoms with Gasteiger partial charge in [0.25, 0.3) is 0 Å². The fraction of sp³-hybridized carbons (Fsp3) is 0.474. The zero-order chi connectivity index (χ0) is 18.2. The van der Waals surface area contributed by atoms with Crippen LogP contribution >= 0.6 is 0 Å². The SMILES string of the molecule is CN=C(NCc1ccc(COC)cc1)N1CCN(Cc2ccon2)CC1. The minimum atomic E-state index is 0.647. The molecule has 3 rings (SSSR count). The van der Waals surface area contributed by atoms with Crippen molar-refractivity contribution in [3.05, 3.63) is 53.4 Å². The number of aliphatic imine (C=N–C) groups is 1. The van der Waals surface area contributed by atoms with Crippen LogP contribution in [0.2, 0.25) is 0 Å². The van der Waals surface area contributed by atoms with Crippen molar-refractivity contribution in [1.82, 2.24) is 20.3 Å². The number of guanidine groups is 1. The lowest BCUT2D eigenvalue weighted by molar-refractivity contribution is 0.169. The third kappa shape index (κ3) is 5.06. The van der Waals surface area contributed by atoms with Crippen LogP contribution in [0.5, 0.6) is 0 Å². The number of aromatic nitrogens is 1. The Kier molecular flexibility index (Phi) is 6.62. The molecule has 0 bridgehead atoms. The molecule has 2 heterocycles. The predicted octanol–water partition coefficient (Wildman–Crippen LogP) is 1.71. The minimum absolute atomic E-state index is 0.647. The number of rotatable bonds is 6. The Balaban J connectivity index is 1.45. The second kappa shape index (κ2) is 9.35. The Bertz CT molecular complexity index is 676. The Morgan fingerprint density at radius 1 is 1.15 bits per heavy atom. The van der Waals surface area contributed by atoms with Crippen LogP contribution in [0.15, 0.2) is 46.1 Å². The average molecular weight is 357 g/mol. The van der Waals surface area contributed by atoms with E-state index in [1.165, 1.54) is 11.1 Å². The van der Waals surface area contributed by atoms with Crippen molar-refractivity contribution >= 4 is 5.96 Å². The lowest BCUT2D eigenvalue weighted by atomic mass is 10.1. The average Bonchev–Trinajstić information content (AvgIpc) is 3.18. The maximum Gasteiger partial charge on any atom is 0.194 e. The summed E-state index contributed by atoms with van der Waals surface area (Å²) < 4.78 is 10.1. The summed E-state index contributed by atoms with van der Waals surface area (Å²) in [5.74, 6) is 0.951. The molecule has 0 spiro atoms. The summed E-state index contributed by atoms with van der Waals surface area (Å²) in [5.41, 5.74) is 3.40. The van der Waals surface area contributed by atoms with E-state index < -0.39 is 0 Å². The number of hydrogen-bond acceptors (Lipinski definition) is 5. The molecule has 0 amide bonds. The molecule has 0 radical (unpaired) electrons. The molecule has 1 aromatic carbocycles. The monoisotopic (exact) mass is 357 g/mol. The van der Waals surface area contributed by atoms with Gasteiger partial charge in [-0.2, -0.15) is 0 Å². The number of nitrogens with zero attached hydrogens (tertiary/aromatic N) is 4. The molecule has 7 heteroatoms. The summed E-state index contributed by atoms with van der Waals surface area (Å²) in [6, 6.07) is 10.4. The van der Waals surface area contributed by atoms with Crippen LogP contribution in [0.1, 0.15) is 16.8 Å². The minimum Gasteiger partial charge on any atom is -0.380 e. The first-order valence-corrected chi connectivity index (χ1v) is 8.92. The number of ether oxygens (including phenoxy) is 1. The molecule has 1 aliphatic rings. The van der Waals surface area contributed by atoms with E-state index in [-0.39, 0.29) is 0 Å². The Morgan fingerprint density at radius 3 is 2.50 bits per heavy atom. The second-order valence-corrected chi connectivity index (χ2v) is 6.40. The van der Waals surface area contributed by atoms with Gasteiger partial charge in [0.05, 0.1) is 12.3 Å². The zero-order valence-electron chi connectivity index (χ0n) is 15.5. The van der Waals surface area contributed by atoms with Crippen molar-refractivity contribution < 1.29 is 9.26 Å². The molecule has 0 aliphatic carbocycles. The molecule has 1 aliphatic heterocycles. The number of benzene rings is 1. The fourth-order valence-electron chi connectivity index (χ4n) is 3.10. The summed E-state index contributed by atoms with van der Waals surface area (Å²) in [6.07, 6.45) is 1.62. The quantitative estimate of drug-likeness (QED) is 0.627. The number of nitrogens with one attached hydrogen (secondary N) is 1. The van der Waals surface area contributed by atoms with Gasteiger partial charge in [-0.1, -0.05) is 29.4 Å². The molecule has 0 atom stereocenters. The topological polar surface area (TPSA) is 66.1 Å². The molecule has 1 saturated heterocycles. The zero-order valence-corrected chi connectivity index (χ0v) is 15.5. The molecule has 140 valence electrons. The molecular formula is C19H27N5O2. The van der Waals surface area contributed by atoms with Crippen molar-refractivity contribution in [3.8, 4) is 0 Å².